The van der Waals surface area contributed by atoms with Crippen LogP contribution >= 0.6 is 0 Å². The van der Waals surface area contributed by atoms with Gasteiger partial charge in [0.15, 0.2) is 0 Å². The molecule has 4 nitrogen and oxygen atoms in total. The molecule has 0 aliphatic rings. The maximum Gasteiger partial charge on any atom is 0.313 e. The molecule has 17 heavy (non-hydrogen) atoms. The van der Waals surface area contributed by atoms with E-state index in [1.165, 1.54) is 0 Å². The molecule has 0 aliphatic carbocycles. The van der Waals surface area contributed by atoms with E-state index >= 15 is 0 Å². The smallest absolute Gasteiger partial charge is 0.313 e. The molecule has 0 saturated heterocycles. The minimum absolute atomic E-state index is 0.272. The van der Waals surface area contributed by atoms with Crippen molar-refractivity contribution in [2.45, 2.75) is 53.8 Å². The maximum atomic E-state index is 11.8. The summed E-state index contributed by atoms with van der Waals surface area (Å²) in [5, 5.41) is 0. The Labute approximate surface area is 104 Å². The van der Waals surface area contributed by atoms with E-state index in [1.54, 1.807) is 0 Å². The molecule has 0 rings (SSSR count). The van der Waals surface area contributed by atoms with Crippen LogP contribution < -0.4 is 0 Å². The molecule has 0 saturated carbocycles. The summed E-state index contributed by atoms with van der Waals surface area (Å²) >= 11 is 0. The van der Waals surface area contributed by atoms with Gasteiger partial charge in [0.1, 0.15) is 6.61 Å². The van der Waals surface area contributed by atoms with Crippen molar-refractivity contribution in [1.29, 1.82) is 0 Å². The number of hydrogen-bond acceptors (Lipinski definition) is 4. The number of hydrogen-bond donors (Lipinski definition) is 0. The highest BCUT2D eigenvalue weighted by Gasteiger charge is 2.29. The first-order valence-electron chi connectivity index (χ1n) is 5.97. The molecule has 1 unspecified atom stereocenters. The molecule has 100 valence electrons. The van der Waals surface area contributed by atoms with Crippen LogP contribution in [0.1, 0.15) is 47.5 Å². The van der Waals surface area contributed by atoms with Gasteiger partial charge in [0.25, 0.3) is 0 Å². The van der Waals surface area contributed by atoms with Gasteiger partial charge in [-0.3, -0.25) is 4.79 Å². The Hall–Kier alpha value is -0.870. The van der Waals surface area contributed by atoms with Gasteiger partial charge in [-0.25, -0.2) is 4.89 Å². The lowest BCUT2D eigenvalue weighted by Gasteiger charge is -2.24. The molecule has 0 amide bonds. The lowest BCUT2D eigenvalue weighted by Crippen LogP contribution is -2.31. The first-order chi connectivity index (χ1) is 7.83. The van der Waals surface area contributed by atoms with E-state index in [9.17, 15) is 4.79 Å². The monoisotopic (exact) mass is 244 g/mol. The average molecular weight is 244 g/mol. The van der Waals surface area contributed by atoms with Crippen LogP contribution in [0, 0.1) is 5.41 Å². The highest BCUT2D eigenvalue weighted by Crippen LogP contribution is 2.23. The molecule has 1 atom stereocenters. The van der Waals surface area contributed by atoms with Crippen LogP contribution in [-0.4, -0.2) is 18.9 Å². The van der Waals surface area contributed by atoms with Crippen molar-refractivity contribution in [3.63, 3.8) is 0 Å². The van der Waals surface area contributed by atoms with Gasteiger partial charge in [0.05, 0.1) is 5.41 Å². The largest absolute Gasteiger partial charge is 0.433 e. The summed E-state index contributed by atoms with van der Waals surface area (Å²) in [7, 11) is 0. The number of rotatable bonds is 8. The van der Waals surface area contributed by atoms with Crippen molar-refractivity contribution in [3.8, 4) is 0 Å². The van der Waals surface area contributed by atoms with E-state index in [4.69, 9.17) is 14.5 Å². The molecule has 0 bridgehead atoms. The molecule has 0 heterocycles. The summed E-state index contributed by atoms with van der Waals surface area (Å²) in [5.41, 5.74) is 0.352. The van der Waals surface area contributed by atoms with Crippen LogP contribution in [0.4, 0.5) is 0 Å². The van der Waals surface area contributed by atoms with E-state index in [0.29, 0.717) is 13.0 Å². The second-order valence-electron chi connectivity index (χ2n) is 4.80. The summed E-state index contributed by atoms with van der Waals surface area (Å²) in [4.78, 5) is 21.7. The van der Waals surface area contributed by atoms with Gasteiger partial charge in [0.2, 0.25) is 6.29 Å². The Kier molecular flexibility index (Phi) is 7.07. The van der Waals surface area contributed by atoms with E-state index in [-0.39, 0.29) is 5.97 Å². The van der Waals surface area contributed by atoms with E-state index in [2.05, 4.69) is 6.58 Å². The zero-order valence-corrected chi connectivity index (χ0v) is 11.5. The summed E-state index contributed by atoms with van der Waals surface area (Å²) in [6, 6.07) is 0. The number of esters is 1. The molecule has 0 aromatic heterocycles. The normalized spacial score (nSPS) is 13.2. The predicted octanol–water partition coefficient (Wildman–Crippen LogP) is 3.23. The van der Waals surface area contributed by atoms with Gasteiger partial charge in [-0.15, -0.1) is 0 Å². The first kappa shape index (κ1) is 16.1. The fourth-order valence-corrected chi connectivity index (χ4v) is 0.805. The Morgan fingerprint density at radius 2 is 1.94 bits per heavy atom. The SMILES string of the molecule is C=C(C)COOC(CC)OC(=O)C(C)(C)CC. The van der Waals surface area contributed by atoms with Crippen molar-refractivity contribution in [1.82, 2.24) is 0 Å². The Morgan fingerprint density at radius 1 is 1.35 bits per heavy atom. The maximum absolute atomic E-state index is 11.8. The number of carbonyl (C=O) groups is 1. The second-order valence-corrected chi connectivity index (χ2v) is 4.80. The van der Waals surface area contributed by atoms with Crippen molar-refractivity contribution < 1.29 is 19.3 Å². The highest BCUT2D eigenvalue weighted by atomic mass is 17.2. The lowest BCUT2D eigenvalue weighted by atomic mass is 9.91. The van der Waals surface area contributed by atoms with E-state index < -0.39 is 11.7 Å². The van der Waals surface area contributed by atoms with Crippen molar-refractivity contribution in [2.24, 2.45) is 5.41 Å². The Balaban J connectivity index is 4.13. The van der Waals surface area contributed by atoms with Gasteiger partial charge in [-0.05, 0) is 27.2 Å². The summed E-state index contributed by atoms with van der Waals surface area (Å²) in [6.07, 6.45) is 0.601. The Bertz CT molecular complexity index is 258. The van der Waals surface area contributed by atoms with Crippen molar-refractivity contribution in [2.75, 3.05) is 6.61 Å². The van der Waals surface area contributed by atoms with Crippen molar-refractivity contribution in [3.05, 3.63) is 12.2 Å². The summed E-state index contributed by atoms with van der Waals surface area (Å²) < 4.78 is 5.22. The zero-order chi connectivity index (χ0) is 13.5. The van der Waals surface area contributed by atoms with Crippen LogP contribution in [0.2, 0.25) is 0 Å². The number of carbonyl (C=O) groups excluding carboxylic acids is 1. The van der Waals surface area contributed by atoms with Crippen molar-refractivity contribution >= 4 is 5.97 Å². The minimum atomic E-state index is -0.660. The molecular weight excluding hydrogens is 220 g/mol. The zero-order valence-electron chi connectivity index (χ0n) is 11.5. The molecule has 4 heteroatoms. The fraction of sp³-hybridized carbons (Fsp3) is 0.769. The first-order valence-corrected chi connectivity index (χ1v) is 5.97. The van der Waals surface area contributed by atoms with Gasteiger partial charge in [-0.2, -0.15) is 4.89 Å². The molecule has 0 N–H and O–H groups in total. The summed E-state index contributed by atoms with van der Waals surface area (Å²) in [6.45, 7) is 13.3. The van der Waals surface area contributed by atoms with Crippen LogP contribution in [0.25, 0.3) is 0 Å². The van der Waals surface area contributed by atoms with E-state index in [1.807, 2.05) is 34.6 Å². The fourth-order valence-electron chi connectivity index (χ4n) is 0.805. The van der Waals surface area contributed by atoms with Gasteiger partial charge in [0, 0.05) is 6.42 Å². The van der Waals surface area contributed by atoms with Crippen LogP contribution in [0.15, 0.2) is 12.2 Å². The van der Waals surface area contributed by atoms with Crippen LogP contribution in [0.5, 0.6) is 0 Å². The molecule has 0 radical (unpaired) electrons. The summed E-state index contributed by atoms with van der Waals surface area (Å²) in [5.74, 6) is -0.272. The molecule has 0 spiro atoms. The molecular formula is C13H24O4. The standard InChI is InChI=1S/C13H24O4/c1-7-11(17-15-9-10(3)4)16-12(14)13(5,6)8-2/h11H,3,7-9H2,1-2,4-6H3. The predicted molar refractivity (Wildman–Crippen MR) is 66.1 cm³/mol. The van der Waals surface area contributed by atoms with E-state index in [0.717, 1.165) is 12.0 Å². The average Bonchev–Trinajstić information content (AvgIpc) is 2.26. The second kappa shape index (κ2) is 7.45. The van der Waals surface area contributed by atoms with Crippen LogP contribution in [-0.2, 0) is 19.3 Å². The van der Waals surface area contributed by atoms with Gasteiger partial charge >= 0.3 is 5.97 Å². The lowest BCUT2D eigenvalue weighted by molar-refractivity contribution is -0.367. The van der Waals surface area contributed by atoms with Gasteiger partial charge in [-0.1, -0.05) is 26.0 Å². The third-order valence-electron chi connectivity index (χ3n) is 2.49. The van der Waals surface area contributed by atoms with Crippen LogP contribution in [0.3, 0.4) is 0 Å². The molecule has 0 aromatic rings. The van der Waals surface area contributed by atoms with Gasteiger partial charge < -0.3 is 4.74 Å². The third-order valence-corrected chi connectivity index (χ3v) is 2.49. The quantitative estimate of drug-likeness (QED) is 0.216. The third kappa shape index (κ3) is 6.44. The molecule has 0 aliphatic heterocycles. The molecule has 0 aromatic carbocycles. The number of ether oxygens (including phenoxy) is 1. The minimum Gasteiger partial charge on any atom is -0.433 e. The Morgan fingerprint density at radius 3 is 2.35 bits per heavy atom. The highest BCUT2D eigenvalue weighted by molar-refractivity contribution is 5.75. The topological polar surface area (TPSA) is 44.8 Å². The molecule has 0 fully saturated rings.